The second-order valence-electron chi connectivity index (χ2n) is 8.08. The monoisotopic (exact) mass is 388 g/mol. The highest BCUT2D eigenvalue weighted by atomic mass is 16.2. The largest absolute Gasteiger partial charge is 0.348 e. The lowest BCUT2D eigenvalue weighted by atomic mass is 9.71. The van der Waals surface area contributed by atoms with E-state index in [0.717, 1.165) is 37.1 Å². The Labute approximate surface area is 170 Å². The van der Waals surface area contributed by atoms with E-state index >= 15 is 0 Å². The summed E-state index contributed by atoms with van der Waals surface area (Å²) in [7, 11) is 0. The van der Waals surface area contributed by atoms with Crippen molar-refractivity contribution in [1.29, 1.82) is 5.26 Å². The number of benzene rings is 1. The molecule has 2 fully saturated rings. The number of carbonyl (C=O) groups excluding carboxylic acids is 2. The fourth-order valence-electron chi connectivity index (χ4n) is 4.65. The van der Waals surface area contributed by atoms with Crippen LogP contribution in [0, 0.1) is 23.7 Å². The molecule has 6 heteroatoms. The zero-order valence-electron chi connectivity index (χ0n) is 16.5. The summed E-state index contributed by atoms with van der Waals surface area (Å²) >= 11 is 0. The van der Waals surface area contributed by atoms with Crippen LogP contribution in [0.3, 0.4) is 0 Å². The minimum atomic E-state index is -0.432. The molecule has 148 valence electrons. The first-order valence-corrected chi connectivity index (χ1v) is 10.1. The molecule has 2 aliphatic rings. The number of carbonyl (C=O) groups is 2. The minimum absolute atomic E-state index is 0.0343. The van der Waals surface area contributed by atoms with Crippen LogP contribution in [0.1, 0.15) is 53.8 Å². The second-order valence-corrected chi connectivity index (χ2v) is 8.08. The number of nitrogens with one attached hydrogen (secondary N) is 1. The van der Waals surface area contributed by atoms with Gasteiger partial charge in [-0.05, 0) is 62.9 Å². The second kappa shape index (κ2) is 7.67. The van der Waals surface area contributed by atoms with Crippen molar-refractivity contribution in [3.8, 4) is 6.07 Å². The average Bonchev–Trinajstić information content (AvgIpc) is 3.03. The van der Waals surface area contributed by atoms with Gasteiger partial charge in [0.1, 0.15) is 5.69 Å². The molecule has 6 nitrogen and oxygen atoms in total. The van der Waals surface area contributed by atoms with Crippen LogP contribution >= 0.6 is 0 Å². The maximum atomic E-state index is 13.3. The van der Waals surface area contributed by atoms with Crippen LogP contribution < -0.4 is 10.2 Å². The molecule has 1 aromatic carbocycles. The average molecular weight is 388 g/mol. The van der Waals surface area contributed by atoms with E-state index < -0.39 is 5.41 Å². The Bertz CT molecular complexity index is 996. The van der Waals surface area contributed by atoms with Gasteiger partial charge in [0.05, 0.1) is 17.0 Å². The van der Waals surface area contributed by atoms with Gasteiger partial charge in [-0.1, -0.05) is 18.6 Å². The molecule has 2 heterocycles. The fraction of sp³-hybridized carbons (Fsp3) is 0.391. The first-order chi connectivity index (χ1) is 14.0. The SMILES string of the molecule is Cc1cccc(C(=O)NC2CCCC3(CCN(c4cccc(C#N)c4)C3=O)C2)n1. The first-order valence-electron chi connectivity index (χ1n) is 10.1. The number of hydrogen-bond acceptors (Lipinski definition) is 4. The van der Waals surface area contributed by atoms with Gasteiger partial charge in [-0.3, -0.25) is 9.59 Å². The van der Waals surface area contributed by atoms with Crippen LogP contribution in [0.5, 0.6) is 0 Å². The number of amides is 2. The van der Waals surface area contributed by atoms with Gasteiger partial charge in [0, 0.05) is 24.0 Å². The molecule has 1 aromatic heterocycles. The molecule has 4 rings (SSSR count). The molecule has 2 aromatic rings. The third-order valence-electron chi connectivity index (χ3n) is 6.10. The molecule has 0 bridgehead atoms. The molecule has 1 N–H and O–H groups in total. The molecule has 29 heavy (non-hydrogen) atoms. The number of pyridine rings is 1. The molecule has 1 saturated carbocycles. The Morgan fingerprint density at radius 3 is 2.90 bits per heavy atom. The number of rotatable bonds is 3. The van der Waals surface area contributed by atoms with Crippen LogP contribution in [-0.4, -0.2) is 29.4 Å². The lowest BCUT2D eigenvalue weighted by molar-refractivity contribution is -0.127. The van der Waals surface area contributed by atoms with Crippen molar-refractivity contribution in [1.82, 2.24) is 10.3 Å². The maximum Gasteiger partial charge on any atom is 0.270 e. The summed E-state index contributed by atoms with van der Waals surface area (Å²) < 4.78 is 0. The minimum Gasteiger partial charge on any atom is -0.348 e. The van der Waals surface area contributed by atoms with Gasteiger partial charge in [-0.25, -0.2) is 4.98 Å². The summed E-state index contributed by atoms with van der Waals surface area (Å²) in [5, 5.41) is 12.2. The van der Waals surface area contributed by atoms with Crippen molar-refractivity contribution >= 4 is 17.5 Å². The number of anilines is 1. The van der Waals surface area contributed by atoms with Crippen LogP contribution in [0.2, 0.25) is 0 Å². The molecule has 1 saturated heterocycles. The zero-order valence-corrected chi connectivity index (χ0v) is 16.5. The summed E-state index contributed by atoms with van der Waals surface area (Å²) in [4.78, 5) is 32.0. The molecule has 2 atom stereocenters. The van der Waals surface area contributed by atoms with Gasteiger partial charge in [0.2, 0.25) is 5.91 Å². The van der Waals surface area contributed by atoms with Gasteiger partial charge in [-0.2, -0.15) is 5.26 Å². The van der Waals surface area contributed by atoms with Crippen molar-refractivity contribution in [2.75, 3.05) is 11.4 Å². The maximum absolute atomic E-state index is 13.3. The van der Waals surface area contributed by atoms with Crippen molar-refractivity contribution in [3.63, 3.8) is 0 Å². The third-order valence-corrected chi connectivity index (χ3v) is 6.10. The van der Waals surface area contributed by atoms with E-state index in [1.165, 1.54) is 0 Å². The summed E-state index contributed by atoms with van der Waals surface area (Å²) in [6, 6.07) is 14.7. The van der Waals surface area contributed by atoms with E-state index in [9.17, 15) is 9.59 Å². The number of aryl methyl sites for hydroxylation is 1. The molecular weight excluding hydrogens is 364 g/mol. The Kier molecular flexibility index (Phi) is 5.06. The highest BCUT2D eigenvalue weighted by Crippen LogP contribution is 2.46. The molecule has 2 unspecified atom stereocenters. The molecule has 1 spiro atoms. The molecule has 1 aliphatic carbocycles. The predicted molar refractivity (Wildman–Crippen MR) is 109 cm³/mol. The third kappa shape index (κ3) is 3.73. The van der Waals surface area contributed by atoms with Gasteiger partial charge in [0.25, 0.3) is 5.91 Å². The van der Waals surface area contributed by atoms with Gasteiger partial charge in [-0.15, -0.1) is 0 Å². The predicted octanol–water partition coefficient (Wildman–Crippen LogP) is 3.36. The Hall–Kier alpha value is -3.20. The van der Waals surface area contributed by atoms with Crippen LogP contribution in [0.15, 0.2) is 42.5 Å². The van der Waals surface area contributed by atoms with E-state index in [4.69, 9.17) is 5.26 Å². The number of nitrogens with zero attached hydrogens (tertiary/aromatic N) is 3. The number of hydrogen-bond donors (Lipinski definition) is 1. The highest BCUT2D eigenvalue weighted by molar-refractivity contribution is 6.00. The Morgan fingerprint density at radius 2 is 2.10 bits per heavy atom. The van der Waals surface area contributed by atoms with Crippen molar-refractivity contribution in [2.24, 2.45) is 5.41 Å². The van der Waals surface area contributed by atoms with E-state index in [-0.39, 0.29) is 17.9 Å². The lowest BCUT2D eigenvalue weighted by Gasteiger charge is -2.36. The fourth-order valence-corrected chi connectivity index (χ4v) is 4.65. The number of aromatic nitrogens is 1. The van der Waals surface area contributed by atoms with Gasteiger partial charge >= 0.3 is 0 Å². The van der Waals surface area contributed by atoms with E-state index in [1.54, 1.807) is 23.1 Å². The number of nitriles is 1. The van der Waals surface area contributed by atoms with Crippen molar-refractivity contribution < 1.29 is 9.59 Å². The summed E-state index contributed by atoms with van der Waals surface area (Å²) in [6.45, 7) is 2.51. The standard InChI is InChI=1S/C23H24N4O2/c1-16-5-2-9-20(25-16)21(28)26-18-7-4-10-23(14-18)11-12-27(22(23)29)19-8-3-6-17(13-19)15-24/h2-3,5-6,8-9,13,18H,4,7,10-12,14H2,1H3,(H,26,28). The molecule has 2 amide bonds. The Morgan fingerprint density at radius 1 is 1.28 bits per heavy atom. The van der Waals surface area contributed by atoms with E-state index in [1.807, 2.05) is 31.2 Å². The van der Waals surface area contributed by atoms with E-state index in [0.29, 0.717) is 24.2 Å². The van der Waals surface area contributed by atoms with Crippen molar-refractivity contribution in [2.45, 2.75) is 45.1 Å². The molecule has 0 radical (unpaired) electrons. The van der Waals surface area contributed by atoms with E-state index in [2.05, 4.69) is 16.4 Å². The highest BCUT2D eigenvalue weighted by Gasteiger charge is 2.49. The van der Waals surface area contributed by atoms with Crippen LogP contribution in [0.25, 0.3) is 0 Å². The van der Waals surface area contributed by atoms with Gasteiger partial charge in [0.15, 0.2) is 0 Å². The smallest absolute Gasteiger partial charge is 0.270 e. The summed E-state index contributed by atoms with van der Waals surface area (Å²) in [5.41, 5.74) is 2.12. The quantitative estimate of drug-likeness (QED) is 0.874. The summed E-state index contributed by atoms with van der Waals surface area (Å²) in [6.07, 6.45) is 4.05. The summed E-state index contributed by atoms with van der Waals surface area (Å²) in [5.74, 6) is -0.0695. The molecule has 1 aliphatic heterocycles. The van der Waals surface area contributed by atoms with Gasteiger partial charge < -0.3 is 10.2 Å². The molecular formula is C23H24N4O2. The van der Waals surface area contributed by atoms with Crippen molar-refractivity contribution in [3.05, 3.63) is 59.4 Å². The first kappa shape index (κ1) is 19.1. The Balaban J connectivity index is 1.48. The zero-order chi connectivity index (χ0) is 20.4. The normalized spacial score (nSPS) is 23.8. The lowest BCUT2D eigenvalue weighted by Crippen LogP contribution is -2.46. The van der Waals surface area contributed by atoms with Crippen LogP contribution in [-0.2, 0) is 4.79 Å². The topological polar surface area (TPSA) is 86.1 Å². The van der Waals surface area contributed by atoms with Crippen LogP contribution in [0.4, 0.5) is 5.69 Å².